The van der Waals surface area contributed by atoms with Crippen molar-refractivity contribution >= 4 is 46.4 Å². The van der Waals surface area contributed by atoms with Crippen molar-refractivity contribution in [3.05, 3.63) is 153 Å². The fourth-order valence-corrected chi connectivity index (χ4v) is 7.42. The number of hydrogen-bond acceptors (Lipinski definition) is 8. The topological polar surface area (TPSA) is 159 Å². The fourth-order valence-electron chi connectivity index (χ4n) is 5.77. The molecule has 0 fully saturated rings. The third-order valence-electron chi connectivity index (χ3n) is 8.51. The molecule has 2 aromatic heterocycles. The summed E-state index contributed by atoms with van der Waals surface area (Å²) < 4.78 is 0. The van der Waals surface area contributed by atoms with Gasteiger partial charge in [-0.05, 0) is 48.1 Å². The van der Waals surface area contributed by atoms with Gasteiger partial charge in [-0.25, -0.2) is 19.6 Å². The van der Waals surface area contributed by atoms with Crippen LogP contribution in [-0.4, -0.2) is 43.9 Å². The van der Waals surface area contributed by atoms with Crippen LogP contribution in [0, 0.1) is 6.92 Å². The molecule has 4 N–H and O–H groups in total. The Morgan fingerprint density at radius 1 is 0.604 bits per heavy atom. The lowest BCUT2D eigenvalue weighted by Crippen LogP contribution is -2.34. The highest BCUT2D eigenvalue weighted by Gasteiger charge is 2.24. The molecule has 0 saturated carbocycles. The van der Waals surface area contributed by atoms with Gasteiger partial charge >= 0.3 is 11.9 Å². The molecule has 10 nitrogen and oxygen atoms in total. The van der Waals surface area contributed by atoms with Gasteiger partial charge in [-0.15, -0.1) is 22.7 Å². The second-order valence-corrected chi connectivity index (χ2v) is 14.3. The van der Waals surface area contributed by atoms with E-state index in [4.69, 9.17) is 0 Å². The summed E-state index contributed by atoms with van der Waals surface area (Å²) >= 11 is 2.86. The number of carboxylic acid groups (broad SMARTS) is 2. The Morgan fingerprint density at radius 2 is 1.09 bits per heavy atom. The van der Waals surface area contributed by atoms with Gasteiger partial charge in [0.15, 0.2) is 12.1 Å². The molecule has 0 aliphatic carbocycles. The predicted octanol–water partition coefficient (Wildman–Crippen LogP) is 7.00. The standard InChI is InChI=1S/C41H36N4O6S2/c1-25-6-5-9-31(20-25)39-43-33(24-53-39)22-35(47)45-37(41(50)51)29-16-12-26(13-17-29)10-11-27-14-18-30(19-15-27)38-42-32(23-52-38)21-34(46)44-36(40(48)49)28-7-3-2-4-8-28/h2-9,12-20,23-24,36-37H,10-11,21-22H2,1H3,(H,44,46)(H,45,47)(H,48,49)(H,50,51)/t36?,37-/m1/s1. The first kappa shape index (κ1) is 36.8. The Hall–Kier alpha value is -5.98. The van der Waals surface area contributed by atoms with Crippen LogP contribution in [0.25, 0.3) is 21.1 Å². The van der Waals surface area contributed by atoms with Crippen molar-refractivity contribution in [3.63, 3.8) is 0 Å². The summed E-state index contributed by atoms with van der Waals surface area (Å²) in [5.41, 5.74) is 7.26. The van der Waals surface area contributed by atoms with Gasteiger partial charge in [-0.1, -0.05) is 103 Å². The molecule has 2 amide bonds. The van der Waals surface area contributed by atoms with E-state index in [1.807, 2.05) is 73.0 Å². The summed E-state index contributed by atoms with van der Waals surface area (Å²) in [6, 6.07) is 29.4. The Kier molecular flexibility index (Phi) is 11.8. The molecule has 1 unspecified atom stereocenters. The zero-order chi connectivity index (χ0) is 37.3. The van der Waals surface area contributed by atoms with E-state index in [2.05, 4.69) is 20.6 Å². The monoisotopic (exact) mass is 744 g/mol. The van der Waals surface area contributed by atoms with Crippen molar-refractivity contribution < 1.29 is 29.4 Å². The number of amides is 2. The molecular weight excluding hydrogens is 709 g/mol. The van der Waals surface area contributed by atoms with Crippen LogP contribution in [0.1, 0.15) is 51.3 Å². The van der Waals surface area contributed by atoms with Crippen molar-refractivity contribution in [2.45, 2.75) is 44.7 Å². The Labute approximate surface area is 314 Å². The Morgan fingerprint density at radius 3 is 1.60 bits per heavy atom. The summed E-state index contributed by atoms with van der Waals surface area (Å²) in [5, 5.41) is 29.9. The van der Waals surface area contributed by atoms with Crippen molar-refractivity contribution in [1.29, 1.82) is 0 Å². The van der Waals surface area contributed by atoms with Crippen molar-refractivity contribution in [2.24, 2.45) is 0 Å². The highest BCUT2D eigenvalue weighted by atomic mass is 32.1. The summed E-state index contributed by atoms with van der Waals surface area (Å²) in [7, 11) is 0. The molecule has 0 aliphatic rings. The van der Waals surface area contributed by atoms with Gasteiger partial charge in [0, 0.05) is 21.9 Å². The number of carboxylic acids is 2. The number of thiazole rings is 2. The van der Waals surface area contributed by atoms with E-state index in [0.29, 0.717) is 22.5 Å². The highest BCUT2D eigenvalue weighted by molar-refractivity contribution is 7.13. The van der Waals surface area contributed by atoms with Gasteiger partial charge in [0.05, 0.1) is 24.2 Å². The lowest BCUT2D eigenvalue weighted by atomic mass is 10.00. The maximum atomic E-state index is 12.8. The molecule has 6 aromatic rings. The van der Waals surface area contributed by atoms with E-state index in [1.54, 1.807) is 47.8 Å². The minimum Gasteiger partial charge on any atom is -0.479 e. The van der Waals surface area contributed by atoms with E-state index >= 15 is 0 Å². The van der Waals surface area contributed by atoms with E-state index in [0.717, 1.165) is 50.7 Å². The van der Waals surface area contributed by atoms with Crippen LogP contribution in [0.15, 0.2) is 114 Å². The molecule has 0 radical (unpaired) electrons. The molecule has 53 heavy (non-hydrogen) atoms. The zero-order valence-corrected chi connectivity index (χ0v) is 30.3. The summed E-state index contributed by atoms with van der Waals surface area (Å²) in [5.74, 6) is -3.12. The molecule has 0 bridgehead atoms. The average Bonchev–Trinajstić information content (AvgIpc) is 3.83. The van der Waals surface area contributed by atoms with Crippen LogP contribution in [0.5, 0.6) is 0 Å². The van der Waals surface area contributed by atoms with Crippen LogP contribution < -0.4 is 10.6 Å². The van der Waals surface area contributed by atoms with E-state index in [-0.39, 0.29) is 12.8 Å². The van der Waals surface area contributed by atoms with Crippen LogP contribution in [0.2, 0.25) is 0 Å². The molecule has 268 valence electrons. The predicted molar refractivity (Wildman–Crippen MR) is 205 cm³/mol. The van der Waals surface area contributed by atoms with E-state index in [9.17, 15) is 29.4 Å². The molecule has 0 spiro atoms. The van der Waals surface area contributed by atoms with Crippen molar-refractivity contribution in [2.75, 3.05) is 0 Å². The number of aromatic nitrogens is 2. The molecule has 2 atom stereocenters. The molecular formula is C41H36N4O6S2. The number of nitrogens with zero attached hydrogens (tertiary/aromatic N) is 2. The van der Waals surface area contributed by atoms with Gasteiger partial charge in [0.2, 0.25) is 11.8 Å². The second kappa shape index (κ2) is 17.0. The molecule has 2 heterocycles. The summed E-state index contributed by atoms with van der Waals surface area (Å²) in [4.78, 5) is 58.5. The lowest BCUT2D eigenvalue weighted by molar-refractivity contribution is -0.142. The number of aliphatic carboxylic acids is 2. The first-order valence-electron chi connectivity index (χ1n) is 16.8. The van der Waals surface area contributed by atoms with Crippen LogP contribution in [-0.2, 0) is 44.9 Å². The maximum Gasteiger partial charge on any atom is 0.330 e. The fraction of sp³-hybridized carbons (Fsp3) is 0.171. The quantitative estimate of drug-likeness (QED) is 0.0876. The van der Waals surface area contributed by atoms with Crippen molar-refractivity contribution in [1.82, 2.24) is 20.6 Å². The second-order valence-electron chi connectivity index (χ2n) is 12.5. The minimum absolute atomic E-state index is 0.0198. The molecule has 0 aliphatic heterocycles. The first-order chi connectivity index (χ1) is 25.6. The minimum atomic E-state index is -1.18. The van der Waals surface area contributed by atoms with Gasteiger partial charge in [-0.2, -0.15) is 0 Å². The smallest absolute Gasteiger partial charge is 0.330 e. The van der Waals surface area contributed by atoms with Gasteiger partial charge < -0.3 is 20.8 Å². The van der Waals surface area contributed by atoms with Gasteiger partial charge in [0.1, 0.15) is 10.0 Å². The van der Waals surface area contributed by atoms with Crippen LogP contribution >= 0.6 is 22.7 Å². The Bertz CT molecular complexity index is 2220. The number of benzene rings is 4. The zero-order valence-electron chi connectivity index (χ0n) is 28.7. The maximum absolute atomic E-state index is 12.8. The number of hydrogen-bond donors (Lipinski definition) is 4. The molecule has 4 aromatic carbocycles. The molecule has 6 rings (SSSR count). The SMILES string of the molecule is Cc1cccc(-c2nc(CC(=O)N[C@@H](C(=O)O)c3ccc(CCc4ccc(-c5nc(CC(=O)NC(C(=O)O)c6ccccc6)cs5)cc4)cc3)cs2)c1. The van der Waals surface area contributed by atoms with Crippen LogP contribution in [0.4, 0.5) is 0 Å². The third kappa shape index (κ3) is 9.88. The number of carbonyl (C=O) groups is 4. The normalized spacial score (nSPS) is 12.1. The van der Waals surface area contributed by atoms with Crippen molar-refractivity contribution in [3.8, 4) is 21.1 Å². The Balaban J connectivity index is 0.991. The first-order valence-corrected chi connectivity index (χ1v) is 18.6. The van der Waals surface area contributed by atoms with E-state index < -0.39 is 35.8 Å². The lowest BCUT2D eigenvalue weighted by Gasteiger charge is -2.15. The number of rotatable bonds is 15. The van der Waals surface area contributed by atoms with Gasteiger partial charge in [0.25, 0.3) is 0 Å². The number of nitrogens with one attached hydrogen (secondary N) is 2. The third-order valence-corrected chi connectivity index (χ3v) is 10.4. The van der Waals surface area contributed by atoms with Crippen LogP contribution in [0.3, 0.4) is 0 Å². The highest BCUT2D eigenvalue weighted by Crippen LogP contribution is 2.27. The molecule has 12 heteroatoms. The number of carbonyl (C=O) groups excluding carboxylic acids is 2. The van der Waals surface area contributed by atoms with Gasteiger partial charge in [-0.3, -0.25) is 9.59 Å². The number of aryl methyl sites for hydroxylation is 3. The van der Waals surface area contributed by atoms with E-state index in [1.165, 1.54) is 22.7 Å². The largest absolute Gasteiger partial charge is 0.479 e. The average molecular weight is 745 g/mol. The summed E-state index contributed by atoms with van der Waals surface area (Å²) in [6.45, 7) is 2.01. The molecule has 0 saturated heterocycles. The summed E-state index contributed by atoms with van der Waals surface area (Å²) in [6.07, 6.45) is 1.43.